The van der Waals surface area contributed by atoms with Crippen LogP contribution in [-0.4, -0.2) is 64.6 Å². The number of rotatable bonds is 10. The predicted octanol–water partition coefficient (Wildman–Crippen LogP) is 1.52. The fourth-order valence-corrected chi connectivity index (χ4v) is 4.34. The van der Waals surface area contributed by atoms with Gasteiger partial charge in [0.2, 0.25) is 10.0 Å². The zero-order chi connectivity index (χ0) is 22.3. The van der Waals surface area contributed by atoms with E-state index in [9.17, 15) is 13.2 Å². The van der Waals surface area contributed by atoms with Crippen LogP contribution >= 0.6 is 11.3 Å². The Morgan fingerprint density at radius 1 is 1.35 bits per heavy atom. The van der Waals surface area contributed by atoms with Crippen molar-refractivity contribution < 1.29 is 27.5 Å². The largest absolute Gasteiger partial charge is 0.389 e. The van der Waals surface area contributed by atoms with Gasteiger partial charge in [0.05, 0.1) is 24.7 Å². The predicted molar refractivity (Wildman–Crippen MR) is 116 cm³/mol. The van der Waals surface area contributed by atoms with Gasteiger partial charge < -0.3 is 14.3 Å². The molecule has 2 aromatic rings. The smallest absolute Gasteiger partial charge is 0.280 e. The van der Waals surface area contributed by atoms with E-state index in [1.807, 2.05) is 6.92 Å². The molecule has 0 saturated carbocycles. The quantitative estimate of drug-likeness (QED) is 0.307. The van der Waals surface area contributed by atoms with Gasteiger partial charge in [-0.25, -0.2) is 18.1 Å². The second-order valence-corrected chi connectivity index (χ2v) is 9.68. The summed E-state index contributed by atoms with van der Waals surface area (Å²) in [6.07, 6.45) is 2.09. The fourth-order valence-electron chi connectivity index (χ4n) is 2.67. The topological polar surface area (TPSA) is 128 Å². The number of hydrogen-bond acceptors (Lipinski definition) is 9. The van der Waals surface area contributed by atoms with E-state index in [0.717, 1.165) is 4.88 Å². The molecule has 0 unspecified atom stereocenters. The lowest BCUT2D eigenvalue weighted by molar-refractivity contribution is -0.110. The van der Waals surface area contributed by atoms with Crippen LogP contribution < -0.4 is 10.0 Å². The third kappa shape index (κ3) is 6.55. The number of aryl methyl sites for hydroxylation is 1. The van der Waals surface area contributed by atoms with Crippen molar-refractivity contribution in [2.24, 2.45) is 5.16 Å². The second kappa shape index (κ2) is 10.8. The third-order valence-electron chi connectivity index (χ3n) is 4.27. The highest BCUT2D eigenvalue weighted by molar-refractivity contribution is 7.89. The number of sulfonamides is 1. The Morgan fingerprint density at radius 2 is 2.13 bits per heavy atom. The van der Waals surface area contributed by atoms with Crippen LogP contribution in [0.1, 0.15) is 16.9 Å². The average Bonchev–Trinajstić information content (AvgIpc) is 3.40. The van der Waals surface area contributed by atoms with Gasteiger partial charge in [-0.3, -0.25) is 10.1 Å². The molecule has 1 saturated heterocycles. The Labute approximate surface area is 184 Å². The van der Waals surface area contributed by atoms with E-state index in [-0.39, 0.29) is 29.9 Å². The number of thiazole rings is 1. The molecule has 1 amide bonds. The molecule has 2 heterocycles. The van der Waals surface area contributed by atoms with Crippen molar-refractivity contribution >= 4 is 38.1 Å². The van der Waals surface area contributed by atoms with Crippen molar-refractivity contribution in [1.29, 1.82) is 0 Å². The summed E-state index contributed by atoms with van der Waals surface area (Å²) in [5.41, 5.74) is 0.413. The van der Waals surface area contributed by atoms with Crippen LogP contribution in [-0.2, 0) is 29.1 Å². The summed E-state index contributed by atoms with van der Waals surface area (Å²) < 4.78 is 37.2. The minimum Gasteiger partial charge on any atom is -0.389 e. The SMILES string of the molecule is COCCNS(=O)(=O)c1ccc(C(=NO[C@@H]2CCOC2)C(=O)Nc2ncc(C)s2)cc1. The standard InChI is InChI=1S/C19H24N4O6S2/c1-13-11-20-19(30-13)22-18(24)17(23-29-15-7-9-28-12-15)14-3-5-16(6-4-14)31(25,26)21-8-10-27-2/h3-6,11,15,21H,7-10,12H2,1-2H3,(H,20,22,24)/t15-/m1/s1. The van der Waals surface area contributed by atoms with E-state index < -0.39 is 15.9 Å². The molecule has 168 valence electrons. The molecule has 1 aromatic carbocycles. The number of aromatic nitrogens is 1. The van der Waals surface area contributed by atoms with Crippen LogP contribution in [0.2, 0.25) is 0 Å². The van der Waals surface area contributed by atoms with Gasteiger partial charge in [-0.15, -0.1) is 11.3 Å². The van der Waals surface area contributed by atoms with E-state index >= 15 is 0 Å². The summed E-state index contributed by atoms with van der Waals surface area (Å²) in [5, 5.41) is 7.18. The molecule has 1 aliphatic heterocycles. The molecule has 0 aliphatic carbocycles. The molecular formula is C19H24N4O6S2. The Balaban J connectivity index is 1.80. The highest BCUT2D eigenvalue weighted by atomic mass is 32.2. The zero-order valence-electron chi connectivity index (χ0n) is 17.2. The Bertz CT molecular complexity index is 1010. The van der Waals surface area contributed by atoms with Crippen LogP contribution in [0.5, 0.6) is 0 Å². The lowest BCUT2D eigenvalue weighted by Gasteiger charge is -2.11. The maximum Gasteiger partial charge on any atom is 0.280 e. The first-order chi connectivity index (χ1) is 14.9. The number of hydrogen-bond donors (Lipinski definition) is 2. The van der Waals surface area contributed by atoms with Gasteiger partial charge in [0, 0.05) is 36.7 Å². The summed E-state index contributed by atoms with van der Waals surface area (Å²) in [6.45, 7) is 3.26. The number of ether oxygens (including phenoxy) is 2. The first kappa shape index (κ1) is 23.3. The van der Waals surface area contributed by atoms with Gasteiger partial charge in [0.25, 0.3) is 5.91 Å². The van der Waals surface area contributed by atoms with Crippen molar-refractivity contribution in [2.45, 2.75) is 24.3 Å². The highest BCUT2D eigenvalue weighted by Gasteiger charge is 2.22. The summed E-state index contributed by atoms with van der Waals surface area (Å²) in [7, 11) is -2.21. The van der Waals surface area contributed by atoms with E-state index in [2.05, 4.69) is 20.2 Å². The molecule has 10 nitrogen and oxygen atoms in total. The van der Waals surface area contributed by atoms with Crippen LogP contribution in [0.25, 0.3) is 0 Å². The third-order valence-corrected chi connectivity index (χ3v) is 6.58. The van der Waals surface area contributed by atoms with Crippen LogP contribution in [0.4, 0.5) is 5.13 Å². The molecule has 2 N–H and O–H groups in total. The van der Waals surface area contributed by atoms with E-state index in [1.165, 1.54) is 42.7 Å². The lowest BCUT2D eigenvalue weighted by atomic mass is 10.1. The fraction of sp³-hybridized carbons (Fsp3) is 0.421. The van der Waals surface area contributed by atoms with Gasteiger partial charge in [-0.05, 0) is 19.1 Å². The van der Waals surface area contributed by atoms with E-state index in [4.69, 9.17) is 14.3 Å². The van der Waals surface area contributed by atoms with Crippen molar-refractivity contribution in [3.05, 3.63) is 40.9 Å². The highest BCUT2D eigenvalue weighted by Crippen LogP contribution is 2.18. The molecular weight excluding hydrogens is 444 g/mol. The molecule has 0 radical (unpaired) electrons. The van der Waals surface area contributed by atoms with Crippen molar-refractivity contribution in [2.75, 3.05) is 38.8 Å². The minimum atomic E-state index is -3.69. The number of nitrogens with zero attached hydrogens (tertiary/aromatic N) is 2. The Morgan fingerprint density at radius 3 is 2.74 bits per heavy atom. The molecule has 12 heteroatoms. The van der Waals surface area contributed by atoms with Crippen molar-refractivity contribution in [3.8, 4) is 0 Å². The number of oxime groups is 1. The minimum absolute atomic E-state index is 0.0102. The van der Waals surface area contributed by atoms with Crippen LogP contribution in [0.15, 0.2) is 40.5 Å². The van der Waals surface area contributed by atoms with Crippen LogP contribution in [0, 0.1) is 6.92 Å². The number of methoxy groups -OCH3 is 1. The Hall–Kier alpha value is -2.38. The van der Waals surface area contributed by atoms with E-state index in [0.29, 0.717) is 30.3 Å². The summed E-state index contributed by atoms with van der Waals surface area (Å²) >= 11 is 1.33. The molecule has 1 aliphatic rings. The molecule has 0 bridgehead atoms. The molecule has 31 heavy (non-hydrogen) atoms. The summed E-state index contributed by atoms with van der Waals surface area (Å²) in [4.78, 5) is 23.5. The normalized spacial score (nSPS) is 17.0. The first-order valence-corrected chi connectivity index (χ1v) is 11.8. The number of carbonyl (C=O) groups is 1. The number of nitrogens with one attached hydrogen (secondary N) is 2. The van der Waals surface area contributed by atoms with Gasteiger partial charge in [-0.2, -0.15) is 0 Å². The van der Waals surface area contributed by atoms with Gasteiger partial charge >= 0.3 is 0 Å². The van der Waals surface area contributed by atoms with E-state index in [1.54, 1.807) is 6.20 Å². The maximum absolute atomic E-state index is 12.9. The molecule has 1 aromatic heterocycles. The monoisotopic (exact) mass is 468 g/mol. The zero-order valence-corrected chi connectivity index (χ0v) is 18.8. The number of benzene rings is 1. The number of anilines is 1. The molecule has 0 spiro atoms. The van der Waals surface area contributed by atoms with Gasteiger partial charge in [0.15, 0.2) is 16.9 Å². The van der Waals surface area contributed by atoms with Gasteiger partial charge in [0.1, 0.15) is 0 Å². The first-order valence-electron chi connectivity index (χ1n) is 9.53. The Kier molecular flexibility index (Phi) is 8.09. The van der Waals surface area contributed by atoms with Gasteiger partial charge in [-0.1, -0.05) is 17.3 Å². The number of amides is 1. The number of carbonyl (C=O) groups excluding carboxylic acids is 1. The molecule has 1 fully saturated rings. The molecule has 3 rings (SSSR count). The lowest BCUT2D eigenvalue weighted by Crippen LogP contribution is -2.27. The maximum atomic E-state index is 12.9. The molecule has 1 atom stereocenters. The summed E-state index contributed by atoms with van der Waals surface area (Å²) in [6, 6.07) is 5.81. The van der Waals surface area contributed by atoms with Crippen molar-refractivity contribution in [1.82, 2.24) is 9.71 Å². The van der Waals surface area contributed by atoms with Crippen LogP contribution in [0.3, 0.4) is 0 Å². The summed E-state index contributed by atoms with van der Waals surface area (Å²) in [5.74, 6) is -0.512. The van der Waals surface area contributed by atoms with Crippen molar-refractivity contribution in [3.63, 3.8) is 0 Å². The average molecular weight is 469 g/mol. The second-order valence-electron chi connectivity index (χ2n) is 6.68.